The zero-order valence-electron chi connectivity index (χ0n) is 16.1. The second-order valence-corrected chi connectivity index (χ2v) is 8.15. The van der Waals surface area contributed by atoms with Gasteiger partial charge in [0.25, 0.3) is 0 Å². The van der Waals surface area contributed by atoms with E-state index in [0.717, 1.165) is 30.6 Å². The van der Waals surface area contributed by atoms with Crippen molar-refractivity contribution in [2.45, 2.75) is 39.0 Å². The van der Waals surface area contributed by atoms with Crippen LogP contribution in [0, 0.1) is 5.92 Å². The van der Waals surface area contributed by atoms with Crippen LogP contribution in [0.1, 0.15) is 39.2 Å². The zero-order chi connectivity index (χ0) is 18.6. The molecule has 1 atom stereocenters. The van der Waals surface area contributed by atoms with Crippen molar-refractivity contribution in [2.24, 2.45) is 5.92 Å². The number of hydrogen-bond donors (Lipinski definition) is 1. The lowest BCUT2D eigenvalue weighted by atomic mass is 9.86. The van der Waals surface area contributed by atoms with Crippen molar-refractivity contribution < 1.29 is 9.59 Å². The molecule has 0 radical (unpaired) electrons. The molecule has 1 N–H and O–H groups in total. The van der Waals surface area contributed by atoms with Crippen molar-refractivity contribution in [2.75, 3.05) is 39.0 Å². The van der Waals surface area contributed by atoms with Crippen molar-refractivity contribution in [3.05, 3.63) is 29.8 Å². The number of anilines is 1. The van der Waals surface area contributed by atoms with Gasteiger partial charge in [-0.1, -0.05) is 39.0 Å². The normalized spacial score (nSPS) is 18.7. The number of nitrogens with one attached hydrogen (secondary N) is 1. The summed E-state index contributed by atoms with van der Waals surface area (Å²) < 4.78 is 0. The molecule has 1 saturated heterocycles. The summed E-state index contributed by atoms with van der Waals surface area (Å²) in [5, 5.41) is 3.06. The van der Waals surface area contributed by atoms with Crippen LogP contribution in [0.4, 0.5) is 5.69 Å². The first kappa shape index (κ1) is 19.4. The third kappa shape index (κ3) is 5.30. The molecule has 25 heavy (non-hydrogen) atoms. The Balaban J connectivity index is 1.98. The molecule has 2 amide bonds. The summed E-state index contributed by atoms with van der Waals surface area (Å²) in [6, 6.07) is 7.95. The largest absolute Gasteiger partial charge is 0.349 e. The number of carbonyl (C=O) groups is 2. The van der Waals surface area contributed by atoms with E-state index in [4.69, 9.17) is 0 Å². The first-order valence-electron chi connectivity index (χ1n) is 9.01. The van der Waals surface area contributed by atoms with Crippen LogP contribution in [0.25, 0.3) is 0 Å². The number of amides is 2. The van der Waals surface area contributed by atoms with E-state index in [0.29, 0.717) is 13.1 Å². The van der Waals surface area contributed by atoms with Crippen LogP contribution in [0.3, 0.4) is 0 Å². The molecule has 0 bridgehead atoms. The van der Waals surface area contributed by atoms with Gasteiger partial charge in [0.1, 0.15) is 0 Å². The Morgan fingerprint density at radius 2 is 1.92 bits per heavy atom. The fourth-order valence-corrected chi connectivity index (χ4v) is 3.40. The summed E-state index contributed by atoms with van der Waals surface area (Å²) in [5.41, 5.74) is 1.97. The van der Waals surface area contributed by atoms with Gasteiger partial charge in [-0.3, -0.25) is 14.5 Å². The second-order valence-electron chi connectivity index (χ2n) is 8.15. The first-order valence-corrected chi connectivity index (χ1v) is 9.01. The van der Waals surface area contributed by atoms with Crippen LogP contribution in [0.5, 0.6) is 0 Å². The molecule has 0 aromatic heterocycles. The van der Waals surface area contributed by atoms with Crippen LogP contribution in [-0.4, -0.2) is 55.3 Å². The number of piperidine rings is 1. The summed E-state index contributed by atoms with van der Waals surface area (Å²) in [4.78, 5) is 28.4. The van der Waals surface area contributed by atoms with Crippen molar-refractivity contribution in [3.8, 4) is 0 Å². The van der Waals surface area contributed by atoms with Gasteiger partial charge in [0, 0.05) is 26.3 Å². The fraction of sp³-hybridized carbons (Fsp3) is 0.600. The van der Waals surface area contributed by atoms with E-state index in [-0.39, 0.29) is 23.1 Å². The van der Waals surface area contributed by atoms with Crippen LogP contribution in [0.2, 0.25) is 0 Å². The molecule has 0 aliphatic carbocycles. The van der Waals surface area contributed by atoms with Crippen LogP contribution in [-0.2, 0) is 15.0 Å². The fourth-order valence-electron chi connectivity index (χ4n) is 3.40. The van der Waals surface area contributed by atoms with Gasteiger partial charge in [-0.2, -0.15) is 0 Å². The summed E-state index contributed by atoms with van der Waals surface area (Å²) in [7, 11) is 3.58. The molecule has 1 unspecified atom stereocenters. The lowest BCUT2D eigenvalue weighted by Gasteiger charge is -2.32. The Morgan fingerprint density at radius 1 is 1.24 bits per heavy atom. The van der Waals surface area contributed by atoms with Crippen LogP contribution >= 0.6 is 0 Å². The van der Waals surface area contributed by atoms with E-state index in [1.165, 1.54) is 0 Å². The van der Waals surface area contributed by atoms with Gasteiger partial charge in [0.15, 0.2) is 0 Å². The third-order valence-electron chi connectivity index (χ3n) is 4.67. The van der Waals surface area contributed by atoms with Crippen LogP contribution in [0.15, 0.2) is 24.3 Å². The maximum atomic E-state index is 12.5. The molecule has 1 aromatic rings. The molecule has 1 aliphatic rings. The summed E-state index contributed by atoms with van der Waals surface area (Å²) in [5.74, 6) is 0.135. The zero-order valence-corrected chi connectivity index (χ0v) is 16.1. The van der Waals surface area contributed by atoms with Gasteiger partial charge in [-0.15, -0.1) is 0 Å². The van der Waals surface area contributed by atoms with E-state index < -0.39 is 0 Å². The summed E-state index contributed by atoms with van der Waals surface area (Å²) >= 11 is 0. The molecule has 0 spiro atoms. The molecule has 5 nitrogen and oxygen atoms in total. The molecule has 2 rings (SSSR count). The SMILES string of the molecule is CN(C)C(=O)C1CCCN(CC(=O)Nc2ccccc2C(C)(C)C)C1. The summed E-state index contributed by atoms with van der Waals surface area (Å²) in [6.07, 6.45) is 1.86. The van der Waals surface area contributed by atoms with Gasteiger partial charge >= 0.3 is 0 Å². The average molecular weight is 345 g/mol. The summed E-state index contributed by atoms with van der Waals surface area (Å²) in [6.45, 7) is 8.27. The molecule has 1 fully saturated rings. The van der Waals surface area contributed by atoms with Crippen molar-refractivity contribution >= 4 is 17.5 Å². The maximum Gasteiger partial charge on any atom is 0.238 e. The minimum Gasteiger partial charge on any atom is -0.349 e. The van der Waals surface area contributed by atoms with Crippen LogP contribution < -0.4 is 5.32 Å². The Morgan fingerprint density at radius 3 is 2.56 bits per heavy atom. The minimum atomic E-state index is -0.0295. The molecule has 1 aliphatic heterocycles. The van der Waals surface area contributed by atoms with E-state index in [2.05, 4.69) is 37.1 Å². The highest BCUT2D eigenvalue weighted by molar-refractivity contribution is 5.93. The molecule has 1 aromatic carbocycles. The molecule has 1 heterocycles. The number of hydrogen-bond acceptors (Lipinski definition) is 3. The maximum absolute atomic E-state index is 12.5. The van der Waals surface area contributed by atoms with Gasteiger partial charge in [-0.25, -0.2) is 0 Å². The Kier molecular flexibility index (Phi) is 6.22. The predicted molar refractivity (Wildman–Crippen MR) is 102 cm³/mol. The highest BCUT2D eigenvalue weighted by Crippen LogP contribution is 2.29. The Labute approximate surface area is 151 Å². The second kappa shape index (κ2) is 8.00. The standard InChI is InChI=1S/C20H31N3O2/c1-20(2,3)16-10-6-7-11-17(16)21-18(24)14-23-12-8-9-15(13-23)19(25)22(4)5/h6-7,10-11,15H,8-9,12-14H2,1-5H3,(H,21,24). The van der Waals surface area contributed by atoms with Crippen molar-refractivity contribution in [1.29, 1.82) is 0 Å². The minimum absolute atomic E-state index is 0.00147. The number of carbonyl (C=O) groups excluding carboxylic acids is 2. The highest BCUT2D eigenvalue weighted by Gasteiger charge is 2.28. The van der Waals surface area contributed by atoms with Gasteiger partial charge in [0.2, 0.25) is 11.8 Å². The number of para-hydroxylation sites is 1. The van der Waals surface area contributed by atoms with E-state index in [1.807, 2.05) is 18.2 Å². The van der Waals surface area contributed by atoms with Crippen molar-refractivity contribution in [3.63, 3.8) is 0 Å². The monoisotopic (exact) mass is 345 g/mol. The molecule has 5 heteroatoms. The molecule has 138 valence electrons. The average Bonchev–Trinajstić information content (AvgIpc) is 2.53. The first-order chi connectivity index (χ1) is 11.7. The Hall–Kier alpha value is -1.88. The number of rotatable bonds is 4. The van der Waals surface area contributed by atoms with E-state index in [9.17, 15) is 9.59 Å². The topological polar surface area (TPSA) is 52.7 Å². The Bertz CT molecular complexity index is 620. The number of benzene rings is 1. The molecule has 0 saturated carbocycles. The molecular weight excluding hydrogens is 314 g/mol. The third-order valence-corrected chi connectivity index (χ3v) is 4.67. The van der Waals surface area contributed by atoms with E-state index in [1.54, 1.807) is 19.0 Å². The lowest BCUT2D eigenvalue weighted by Crippen LogP contribution is -2.45. The van der Waals surface area contributed by atoms with Gasteiger partial charge < -0.3 is 10.2 Å². The highest BCUT2D eigenvalue weighted by atomic mass is 16.2. The van der Waals surface area contributed by atoms with Crippen molar-refractivity contribution in [1.82, 2.24) is 9.80 Å². The smallest absolute Gasteiger partial charge is 0.238 e. The number of nitrogens with zero attached hydrogens (tertiary/aromatic N) is 2. The lowest BCUT2D eigenvalue weighted by molar-refractivity contribution is -0.135. The molecular formula is C20H31N3O2. The quantitative estimate of drug-likeness (QED) is 0.913. The van der Waals surface area contributed by atoms with Gasteiger partial charge in [-0.05, 0) is 36.4 Å². The predicted octanol–water partition coefficient (Wildman–Crippen LogP) is 2.72. The number of likely N-dealkylation sites (tertiary alicyclic amines) is 1. The van der Waals surface area contributed by atoms with Gasteiger partial charge in [0.05, 0.1) is 12.5 Å². The van der Waals surface area contributed by atoms with E-state index >= 15 is 0 Å².